The smallest absolute Gasteiger partial charge is 0.268 e. The van der Waals surface area contributed by atoms with E-state index in [9.17, 15) is 13.5 Å². The summed E-state index contributed by atoms with van der Waals surface area (Å²) in [6.45, 7) is -0.393. The molecule has 0 aliphatic carbocycles. The molecule has 0 aliphatic rings. The highest BCUT2D eigenvalue weighted by molar-refractivity contribution is 7.90. The second-order valence-electron chi connectivity index (χ2n) is 5.15. The maximum Gasteiger partial charge on any atom is 0.268 e. The molecule has 0 bridgehead atoms. The zero-order valence-electron chi connectivity index (χ0n) is 12.5. The molecular weight excluding hydrogens is 391 g/mol. The number of fused-ring (bicyclic) bond motifs is 1. The van der Waals surface area contributed by atoms with E-state index in [0.717, 1.165) is 10.0 Å². The van der Waals surface area contributed by atoms with E-state index in [1.54, 1.807) is 18.2 Å². The van der Waals surface area contributed by atoms with Gasteiger partial charge < -0.3 is 5.11 Å². The SMILES string of the molecule is O=S(=O)(c1ccc(Cl)c(N(O)O)c1)n1cc(CO)c2c(Cl)cccc21. The first-order valence-electron chi connectivity index (χ1n) is 6.89. The molecule has 0 saturated heterocycles. The topological polar surface area (TPSA) is 103 Å². The molecule has 0 unspecified atom stereocenters. The largest absolute Gasteiger partial charge is 0.392 e. The van der Waals surface area contributed by atoms with E-state index < -0.39 is 16.6 Å². The van der Waals surface area contributed by atoms with Crippen LogP contribution in [0.2, 0.25) is 10.0 Å². The average molecular weight is 403 g/mol. The van der Waals surface area contributed by atoms with Crippen molar-refractivity contribution < 1.29 is 23.9 Å². The van der Waals surface area contributed by atoms with Gasteiger partial charge in [0.1, 0.15) is 5.69 Å². The molecule has 0 saturated carbocycles. The molecule has 132 valence electrons. The van der Waals surface area contributed by atoms with Crippen LogP contribution in [0.15, 0.2) is 47.5 Å². The monoisotopic (exact) mass is 402 g/mol. The van der Waals surface area contributed by atoms with Crippen LogP contribution in [-0.2, 0) is 16.6 Å². The van der Waals surface area contributed by atoms with Gasteiger partial charge in [0.2, 0.25) is 0 Å². The number of rotatable bonds is 4. The fraction of sp³-hybridized carbons (Fsp3) is 0.0667. The normalized spacial score (nSPS) is 11.9. The van der Waals surface area contributed by atoms with Crippen LogP contribution in [0.4, 0.5) is 5.69 Å². The van der Waals surface area contributed by atoms with Crippen molar-refractivity contribution in [2.24, 2.45) is 0 Å². The van der Waals surface area contributed by atoms with Crippen molar-refractivity contribution in [1.82, 2.24) is 3.97 Å². The number of nitrogens with zero attached hydrogens (tertiary/aromatic N) is 2. The Labute approximate surface area is 152 Å². The van der Waals surface area contributed by atoms with Crippen molar-refractivity contribution in [2.45, 2.75) is 11.5 Å². The van der Waals surface area contributed by atoms with Crippen LogP contribution in [-0.4, -0.2) is 27.9 Å². The molecule has 0 spiro atoms. The van der Waals surface area contributed by atoms with Gasteiger partial charge in [0.15, 0.2) is 0 Å². The first kappa shape index (κ1) is 18.0. The van der Waals surface area contributed by atoms with Gasteiger partial charge in [-0.1, -0.05) is 29.3 Å². The molecule has 7 nitrogen and oxygen atoms in total. The van der Waals surface area contributed by atoms with Crippen molar-refractivity contribution in [3.05, 3.63) is 58.2 Å². The van der Waals surface area contributed by atoms with Crippen molar-refractivity contribution in [2.75, 3.05) is 5.23 Å². The first-order valence-corrected chi connectivity index (χ1v) is 9.09. The molecule has 0 radical (unpaired) electrons. The number of aliphatic hydroxyl groups excluding tert-OH is 1. The standard InChI is InChI=1S/C15H12Cl2N2O5S/c16-11-5-4-10(6-14(11)19(21)22)25(23,24)18-7-9(8-20)15-12(17)2-1-3-13(15)18/h1-7,20-22H,8H2. The summed E-state index contributed by atoms with van der Waals surface area (Å²) in [5.41, 5.74) is 0.349. The second kappa shape index (κ2) is 6.49. The Balaban J connectivity index is 2.28. The van der Waals surface area contributed by atoms with E-state index in [-0.39, 0.29) is 26.3 Å². The quantitative estimate of drug-likeness (QED) is 0.578. The van der Waals surface area contributed by atoms with Crippen LogP contribution in [0.25, 0.3) is 10.9 Å². The number of halogens is 2. The van der Waals surface area contributed by atoms with Gasteiger partial charge in [0.05, 0.1) is 27.1 Å². The van der Waals surface area contributed by atoms with Gasteiger partial charge in [0, 0.05) is 17.1 Å². The lowest BCUT2D eigenvalue weighted by molar-refractivity contribution is 0.0291. The Morgan fingerprint density at radius 2 is 1.80 bits per heavy atom. The first-order chi connectivity index (χ1) is 11.8. The second-order valence-corrected chi connectivity index (χ2v) is 7.78. The van der Waals surface area contributed by atoms with Crippen LogP contribution in [0.1, 0.15) is 5.56 Å². The van der Waals surface area contributed by atoms with E-state index >= 15 is 0 Å². The number of anilines is 1. The van der Waals surface area contributed by atoms with E-state index in [4.69, 9.17) is 33.6 Å². The highest BCUT2D eigenvalue weighted by atomic mass is 35.5. The predicted molar refractivity (Wildman–Crippen MR) is 93.0 cm³/mol. The third kappa shape index (κ3) is 2.97. The maximum absolute atomic E-state index is 13.0. The molecule has 3 aromatic rings. The number of aromatic nitrogens is 1. The summed E-state index contributed by atoms with van der Waals surface area (Å²) >= 11 is 11.9. The summed E-state index contributed by atoms with van der Waals surface area (Å²) in [4.78, 5) is -0.221. The lowest BCUT2D eigenvalue weighted by atomic mass is 10.2. The van der Waals surface area contributed by atoms with Crippen LogP contribution in [0.5, 0.6) is 0 Å². The minimum Gasteiger partial charge on any atom is -0.392 e. The summed E-state index contributed by atoms with van der Waals surface area (Å²) in [5.74, 6) is 0. The summed E-state index contributed by atoms with van der Waals surface area (Å²) in [6.07, 6.45) is 1.27. The Kier molecular flexibility index (Phi) is 4.67. The molecular formula is C15H12Cl2N2O5S. The van der Waals surface area contributed by atoms with Gasteiger partial charge >= 0.3 is 0 Å². The van der Waals surface area contributed by atoms with Crippen LogP contribution in [0, 0.1) is 0 Å². The molecule has 1 heterocycles. The Morgan fingerprint density at radius 1 is 1.08 bits per heavy atom. The van der Waals surface area contributed by atoms with E-state index in [2.05, 4.69) is 0 Å². The van der Waals surface area contributed by atoms with Gasteiger partial charge in [-0.3, -0.25) is 10.4 Å². The fourth-order valence-corrected chi connectivity index (χ4v) is 4.42. The molecule has 3 rings (SSSR count). The molecule has 0 atom stereocenters. The minimum atomic E-state index is -4.10. The highest BCUT2D eigenvalue weighted by Gasteiger charge is 2.23. The van der Waals surface area contributed by atoms with Crippen LogP contribution >= 0.6 is 23.2 Å². The zero-order valence-corrected chi connectivity index (χ0v) is 14.8. The molecule has 0 fully saturated rings. The Morgan fingerprint density at radius 3 is 2.44 bits per heavy atom. The third-order valence-corrected chi connectivity index (χ3v) is 5.99. The zero-order chi connectivity index (χ0) is 18.4. The predicted octanol–water partition coefficient (Wildman–Crippen LogP) is 3.26. The summed E-state index contributed by atoms with van der Waals surface area (Å²) < 4.78 is 27.0. The number of hydrogen-bond acceptors (Lipinski definition) is 6. The fourth-order valence-electron chi connectivity index (χ4n) is 2.53. The van der Waals surface area contributed by atoms with E-state index in [1.807, 2.05) is 0 Å². The number of benzene rings is 2. The Hall–Kier alpha value is -1.81. The number of aliphatic hydroxyl groups is 1. The van der Waals surface area contributed by atoms with Gasteiger partial charge in [-0.25, -0.2) is 12.4 Å². The highest BCUT2D eigenvalue weighted by Crippen LogP contribution is 2.33. The Bertz CT molecular complexity index is 1060. The summed E-state index contributed by atoms with van der Waals surface area (Å²) in [5, 5.41) is 28.3. The van der Waals surface area contributed by atoms with Gasteiger partial charge in [-0.2, -0.15) is 0 Å². The van der Waals surface area contributed by atoms with Gasteiger partial charge in [0.25, 0.3) is 10.0 Å². The van der Waals surface area contributed by atoms with Crippen molar-refractivity contribution >= 4 is 49.8 Å². The van der Waals surface area contributed by atoms with Crippen molar-refractivity contribution in [3.63, 3.8) is 0 Å². The number of hydrogen-bond donors (Lipinski definition) is 3. The lowest BCUT2D eigenvalue weighted by Crippen LogP contribution is -2.15. The third-order valence-electron chi connectivity index (χ3n) is 3.68. The molecule has 0 aliphatic heterocycles. The summed E-state index contributed by atoms with van der Waals surface area (Å²) in [7, 11) is -4.10. The van der Waals surface area contributed by atoms with Gasteiger partial charge in [-0.15, -0.1) is 5.23 Å². The average Bonchev–Trinajstić information content (AvgIpc) is 2.95. The van der Waals surface area contributed by atoms with Crippen LogP contribution in [0.3, 0.4) is 0 Å². The molecule has 25 heavy (non-hydrogen) atoms. The molecule has 2 aromatic carbocycles. The summed E-state index contributed by atoms with van der Waals surface area (Å²) in [6, 6.07) is 8.23. The maximum atomic E-state index is 13.0. The minimum absolute atomic E-state index is 0.0413. The van der Waals surface area contributed by atoms with Crippen molar-refractivity contribution in [1.29, 1.82) is 0 Å². The van der Waals surface area contributed by atoms with E-state index in [1.165, 1.54) is 18.3 Å². The molecule has 0 amide bonds. The van der Waals surface area contributed by atoms with E-state index in [0.29, 0.717) is 16.0 Å². The molecule has 1 aromatic heterocycles. The van der Waals surface area contributed by atoms with Crippen LogP contribution < -0.4 is 5.23 Å². The lowest BCUT2D eigenvalue weighted by Gasteiger charge is -2.13. The van der Waals surface area contributed by atoms with Gasteiger partial charge in [-0.05, 0) is 30.3 Å². The molecule has 3 N–H and O–H groups in total. The molecule has 10 heteroatoms. The van der Waals surface area contributed by atoms with Crippen molar-refractivity contribution in [3.8, 4) is 0 Å².